The molecule has 2 aliphatic rings. The lowest BCUT2D eigenvalue weighted by Gasteiger charge is -2.23. The van der Waals surface area contributed by atoms with E-state index in [2.05, 4.69) is 34.6 Å². The number of benzene rings is 3. The Balaban J connectivity index is 1.33. The van der Waals surface area contributed by atoms with Crippen molar-refractivity contribution in [3.05, 3.63) is 101 Å². The Bertz CT molecular complexity index is 1370. The maximum Gasteiger partial charge on any atom is 0.262 e. The SMILES string of the molecule is Cc1ccc(C2=NN(C3=NC(=O)[C@@H](CC(=O)Nc4ccc(C)c(F)c4)S3)[C@H](c3ccccc3)C2)cc1. The van der Waals surface area contributed by atoms with Crippen LogP contribution in [0.15, 0.2) is 82.9 Å². The highest BCUT2D eigenvalue weighted by Crippen LogP contribution is 2.38. The zero-order chi connectivity index (χ0) is 25.2. The highest BCUT2D eigenvalue weighted by atomic mass is 32.2. The third-order valence-corrected chi connectivity index (χ3v) is 7.37. The molecule has 36 heavy (non-hydrogen) atoms. The van der Waals surface area contributed by atoms with E-state index in [-0.39, 0.29) is 24.3 Å². The van der Waals surface area contributed by atoms with Gasteiger partial charge in [-0.3, -0.25) is 9.59 Å². The first-order valence-electron chi connectivity index (χ1n) is 11.7. The van der Waals surface area contributed by atoms with Gasteiger partial charge in [0.1, 0.15) is 11.1 Å². The Morgan fingerprint density at radius 1 is 1.08 bits per heavy atom. The molecule has 3 aromatic rings. The molecule has 0 aromatic heterocycles. The number of halogens is 1. The van der Waals surface area contributed by atoms with Gasteiger partial charge in [-0.1, -0.05) is 78.0 Å². The summed E-state index contributed by atoms with van der Waals surface area (Å²) in [6.07, 6.45) is 0.607. The summed E-state index contributed by atoms with van der Waals surface area (Å²) in [5, 5.41) is 9.16. The monoisotopic (exact) mass is 500 g/mol. The quantitative estimate of drug-likeness (QED) is 0.493. The molecule has 1 N–H and O–H groups in total. The number of aliphatic imine (C=N–C) groups is 1. The molecular formula is C28H25FN4O2S. The second-order valence-corrected chi connectivity index (χ2v) is 10.1. The van der Waals surface area contributed by atoms with Gasteiger partial charge in [-0.15, -0.1) is 0 Å². The summed E-state index contributed by atoms with van der Waals surface area (Å²) in [4.78, 5) is 29.6. The second-order valence-electron chi connectivity index (χ2n) is 8.94. The van der Waals surface area contributed by atoms with E-state index in [1.165, 1.54) is 23.4 Å². The molecular weight excluding hydrogens is 475 g/mol. The Labute approximate surface area is 213 Å². The Morgan fingerprint density at radius 3 is 2.56 bits per heavy atom. The van der Waals surface area contributed by atoms with Crippen LogP contribution in [0.3, 0.4) is 0 Å². The van der Waals surface area contributed by atoms with Crippen molar-refractivity contribution in [2.45, 2.75) is 38.0 Å². The van der Waals surface area contributed by atoms with Gasteiger partial charge in [0.15, 0.2) is 5.17 Å². The number of carbonyl (C=O) groups is 2. The summed E-state index contributed by atoms with van der Waals surface area (Å²) in [6, 6.07) is 22.6. The van der Waals surface area contributed by atoms with Crippen LogP contribution >= 0.6 is 11.8 Å². The van der Waals surface area contributed by atoms with Gasteiger partial charge in [0, 0.05) is 18.5 Å². The van der Waals surface area contributed by atoms with Crippen molar-refractivity contribution in [3.63, 3.8) is 0 Å². The normalized spacial score (nSPS) is 19.3. The van der Waals surface area contributed by atoms with Gasteiger partial charge in [0.05, 0.1) is 11.8 Å². The van der Waals surface area contributed by atoms with Crippen molar-refractivity contribution in [2.75, 3.05) is 5.32 Å². The second kappa shape index (κ2) is 10.1. The van der Waals surface area contributed by atoms with Crippen LogP contribution in [0.5, 0.6) is 0 Å². The number of hydrogen-bond acceptors (Lipinski definition) is 5. The van der Waals surface area contributed by atoms with Crippen LogP contribution in [-0.4, -0.2) is 33.0 Å². The number of nitrogens with one attached hydrogen (secondary N) is 1. The average molecular weight is 501 g/mol. The van der Waals surface area contributed by atoms with Crippen LogP contribution in [0.25, 0.3) is 0 Å². The average Bonchev–Trinajstić information content (AvgIpc) is 3.46. The molecule has 3 aromatic carbocycles. The molecule has 6 nitrogen and oxygen atoms in total. The molecule has 0 unspecified atom stereocenters. The van der Waals surface area contributed by atoms with E-state index in [1.807, 2.05) is 37.3 Å². The molecule has 2 heterocycles. The standard InChI is InChI=1S/C28H25FN4O2S/c1-17-8-11-19(12-9-17)23-15-24(20-6-4-3-5-7-20)33(32-23)28-31-27(35)25(36-28)16-26(34)30-21-13-10-18(2)22(29)14-21/h3-14,24-25H,15-16H2,1-2H3,(H,30,34)/t24-,25+/m0/s1. The largest absolute Gasteiger partial charge is 0.326 e. The van der Waals surface area contributed by atoms with Crippen LogP contribution in [0.4, 0.5) is 10.1 Å². The summed E-state index contributed by atoms with van der Waals surface area (Å²) in [5.74, 6) is -1.13. The first-order valence-corrected chi connectivity index (χ1v) is 12.6. The fourth-order valence-electron chi connectivity index (χ4n) is 4.20. The molecule has 0 radical (unpaired) electrons. The number of amides is 2. The van der Waals surface area contributed by atoms with E-state index in [0.717, 1.165) is 16.8 Å². The molecule has 0 spiro atoms. The summed E-state index contributed by atoms with van der Waals surface area (Å²) in [6.45, 7) is 3.70. The van der Waals surface area contributed by atoms with Crippen LogP contribution in [-0.2, 0) is 9.59 Å². The van der Waals surface area contributed by atoms with E-state index in [9.17, 15) is 14.0 Å². The van der Waals surface area contributed by atoms with E-state index in [1.54, 1.807) is 24.1 Å². The maximum absolute atomic E-state index is 13.8. The molecule has 8 heteroatoms. The summed E-state index contributed by atoms with van der Waals surface area (Å²) in [5.41, 5.74) is 5.04. The van der Waals surface area contributed by atoms with Crippen LogP contribution < -0.4 is 5.32 Å². The van der Waals surface area contributed by atoms with Crippen molar-refractivity contribution in [3.8, 4) is 0 Å². The van der Waals surface area contributed by atoms with Gasteiger partial charge >= 0.3 is 0 Å². The smallest absolute Gasteiger partial charge is 0.262 e. The Kier molecular flexibility index (Phi) is 6.69. The van der Waals surface area contributed by atoms with E-state index in [4.69, 9.17) is 5.10 Å². The maximum atomic E-state index is 13.8. The van der Waals surface area contributed by atoms with Gasteiger partial charge < -0.3 is 5.32 Å². The van der Waals surface area contributed by atoms with E-state index >= 15 is 0 Å². The minimum absolute atomic E-state index is 0.0651. The number of hydrazone groups is 1. The Hall–Kier alpha value is -3.78. The van der Waals surface area contributed by atoms with Crippen molar-refractivity contribution in [1.82, 2.24) is 5.01 Å². The molecule has 0 fully saturated rings. The number of thioether (sulfide) groups is 1. The molecule has 2 amide bonds. The number of aryl methyl sites for hydroxylation is 2. The van der Waals surface area contributed by atoms with Crippen molar-refractivity contribution in [1.29, 1.82) is 0 Å². The fourth-order valence-corrected chi connectivity index (χ4v) is 5.26. The molecule has 0 saturated carbocycles. The minimum atomic E-state index is -0.662. The minimum Gasteiger partial charge on any atom is -0.326 e. The number of nitrogens with zero attached hydrogens (tertiary/aromatic N) is 3. The summed E-state index contributed by atoms with van der Waals surface area (Å²) < 4.78 is 13.8. The molecule has 182 valence electrons. The van der Waals surface area contributed by atoms with Crippen LogP contribution in [0, 0.1) is 19.7 Å². The Morgan fingerprint density at radius 2 is 1.83 bits per heavy atom. The molecule has 2 atom stereocenters. The van der Waals surface area contributed by atoms with Crippen molar-refractivity contribution >= 4 is 40.1 Å². The molecule has 0 bridgehead atoms. The van der Waals surface area contributed by atoms with Crippen molar-refractivity contribution < 1.29 is 14.0 Å². The zero-order valence-electron chi connectivity index (χ0n) is 19.9. The molecule has 2 aliphatic heterocycles. The van der Waals surface area contributed by atoms with Gasteiger partial charge in [-0.25, -0.2) is 9.40 Å². The zero-order valence-corrected chi connectivity index (χ0v) is 20.8. The summed E-state index contributed by atoms with van der Waals surface area (Å²) >= 11 is 1.24. The first kappa shape index (κ1) is 23.9. The number of hydrogen-bond donors (Lipinski definition) is 1. The predicted molar refractivity (Wildman–Crippen MR) is 142 cm³/mol. The van der Waals surface area contributed by atoms with E-state index < -0.39 is 11.1 Å². The third-order valence-electron chi connectivity index (χ3n) is 6.23. The van der Waals surface area contributed by atoms with Gasteiger partial charge in [-0.05, 0) is 42.7 Å². The fraction of sp³-hybridized carbons (Fsp3) is 0.214. The number of rotatable bonds is 5. The number of amidine groups is 1. The number of carbonyl (C=O) groups excluding carboxylic acids is 2. The molecule has 0 saturated heterocycles. The van der Waals surface area contributed by atoms with Gasteiger partial charge in [0.25, 0.3) is 5.91 Å². The summed E-state index contributed by atoms with van der Waals surface area (Å²) in [7, 11) is 0. The lowest BCUT2D eigenvalue weighted by atomic mass is 9.98. The predicted octanol–water partition coefficient (Wildman–Crippen LogP) is 5.62. The highest BCUT2D eigenvalue weighted by molar-refractivity contribution is 8.15. The molecule has 5 rings (SSSR count). The highest BCUT2D eigenvalue weighted by Gasteiger charge is 2.39. The lowest BCUT2D eigenvalue weighted by Crippen LogP contribution is -2.25. The topological polar surface area (TPSA) is 74.1 Å². The lowest BCUT2D eigenvalue weighted by molar-refractivity contribution is -0.121. The number of anilines is 1. The van der Waals surface area contributed by atoms with Crippen LogP contribution in [0.1, 0.15) is 41.1 Å². The van der Waals surface area contributed by atoms with Gasteiger partial charge in [0.2, 0.25) is 5.91 Å². The first-order chi connectivity index (χ1) is 17.4. The van der Waals surface area contributed by atoms with E-state index in [0.29, 0.717) is 22.8 Å². The van der Waals surface area contributed by atoms with Crippen LogP contribution in [0.2, 0.25) is 0 Å². The molecule has 0 aliphatic carbocycles. The van der Waals surface area contributed by atoms with Gasteiger partial charge in [-0.2, -0.15) is 10.1 Å². The van der Waals surface area contributed by atoms with Crippen molar-refractivity contribution in [2.24, 2.45) is 10.1 Å². The third kappa shape index (κ3) is 5.09.